The number of rotatable bonds is 4. The van der Waals surface area contributed by atoms with E-state index in [1.807, 2.05) is 18.2 Å². The van der Waals surface area contributed by atoms with Crippen LogP contribution in [0.1, 0.15) is 25.8 Å². The van der Waals surface area contributed by atoms with Gasteiger partial charge in [0.15, 0.2) is 0 Å². The summed E-state index contributed by atoms with van der Waals surface area (Å²) in [5, 5.41) is 0. The highest BCUT2D eigenvalue weighted by molar-refractivity contribution is 5.14. The second kappa shape index (κ2) is 5.37. The predicted molar refractivity (Wildman–Crippen MR) is 68.5 cm³/mol. The minimum Gasteiger partial charge on any atom is -0.492 e. The average molecular weight is 232 g/mol. The van der Waals surface area contributed by atoms with Crippen LogP contribution in [0.3, 0.4) is 0 Å². The molecule has 0 aliphatic carbocycles. The number of hydrogen-bond donors (Lipinski definition) is 0. The largest absolute Gasteiger partial charge is 0.492 e. The van der Waals surface area contributed by atoms with E-state index < -0.39 is 0 Å². The smallest absolute Gasteiger partial charge is 0.120 e. The van der Waals surface area contributed by atoms with E-state index in [1.54, 1.807) is 0 Å². The van der Waals surface area contributed by atoms with Crippen LogP contribution in [0.2, 0.25) is 0 Å². The molecule has 0 aromatic heterocycles. The van der Waals surface area contributed by atoms with E-state index in [2.05, 4.69) is 32.6 Å². The van der Waals surface area contributed by atoms with Crippen LogP contribution >= 0.6 is 0 Å². The molecule has 1 aliphatic heterocycles. The van der Waals surface area contributed by atoms with E-state index in [-0.39, 0.29) is 12.2 Å². The highest BCUT2D eigenvalue weighted by atomic mass is 16.6. The Hall–Kier alpha value is -1.28. The van der Waals surface area contributed by atoms with Gasteiger partial charge in [0.2, 0.25) is 0 Å². The molecule has 1 aromatic rings. The lowest BCUT2D eigenvalue weighted by Gasteiger charge is -2.16. The van der Waals surface area contributed by atoms with Crippen LogP contribution in [-0.4, -0.2) is 12.2 Å². The predicted octanol–water partition coefficient (Wildman–Crippen LogP) is 3.53. The Morgan fingerprint density at radius 2 is 2.00 bits per heavy atom. The van der Waals surface area contributed by atoms with Crippen LogP contribution in [0, 0.1) is 5.92 Å². The van der Waals surface area contributed by atoms with Gasteiger partial charge in [0.1, 0.15) is 18.0 Å². The third-order valence-electron chi connectivity index (χ3n) is 3.36. The monoisotopic (exact) mass is 232 g/mol. The summed E-state index contributed by atoms with van der Waals surface area (Å²) in [6.07, 6.45) is 1.29. The van der Waals surface area contributed by atoms with Gasteiger partial charge in [0, 0.05) is 5.92 Å². The van der Waals surface area contributed by atoms with Crippen molar-refractivity contribution in [3.05, 3.63) is 48.2 Å². The molecule has 92 valence electrons. The van der Waals surface area contributed by atoms with Gasteiger partial charge >= 0.3 is 0 Å². The zero-order valence-corrected chi connectivity index (χ0v) is 10.6. The summed E-state index contributed by atoms with van der Waals surface area (Å²) in [4.78, 5) is 0. The van der Waals surface area contributed by atoms with Crippen LogP contribution in [0.15, 0.2) is 42.7 Å². The van der Waals surface area contributed by atoms with Gasteiger partial charge in [-0.2, -0.15) is 0 Å². The molecule has 0 radical (unpaired) electrons. The summed E-state index contributed by atoms with van der Waals surface area (Å²) in [5.74, 6) is 1.16. The molecule has 3 atom stereocenters. The Kier molecular flexibility index (Phi) is 3.85. The maximum atomic E-state index is 5.92. The summed E-state index contributed by atoms with van der Waals surface area (Å²) in [5.41, 5.74) is 1.19. The molecule has 1 aromatic carbocycles. The van der Waals surface area contributed by atoms with Gasteiger partial charge < -0.3 is 9.47 Å². The van der Waals surface area contributed by atoms with E-state index in [4.69, 9.17) is 9.47 Å². The molecule has 0 unspecified atom stereocenters. The van der Waals surface area contributed by atoms with Crippen molar-refractivity contribution in [3.63, 3.8) is 0 Å². The molecule has 17 heavy (non-hydrogen) atoms. The zero-order valence-electron chi connectivity index (χ0n) is 10.6. The molecule has 2 heteroatoms. The van der Waals surface area contributed by atoms with E-state index in [0.29, 0.717) is 12.5 Å². The Balaban J connectivity index is 1.93. The Morgan fingerprint density at radius 1 is 1.29 bits per heavy atom. The minimum absolute atomic E-state index is 0.0279. The van der Waals surface area contributed by atoms with E-state index >= 15 is 0 Å². The molecule has 1 heterocycles. The first-order chi connectivity index (χ1) is 8.22. The highest BCUT2D eigenvalue weighted by Crippen LogP contribution is 2.33. The van der Waals surface area contributed by atoms with Crippen molar-refractivity contribution in [1.82, 2.24) is 0 Å². The third-order valence-corrected chi connectivity index (χ3v) is 3.36. The molecule has 1 aliphatic rings. The second-order valence-electron chi connectivity index (χ2n) is 4.61. The topological polar surface area (TPSA) is 18.5 Å². The Bertz CT molecular complexity index is 372. The minimum atomic E-state index is 0.0279. The van der Waals surface area contributed by atoms with Crippen LogP contribution in [0.25, 0.3) is 0 Å². The zero-order chi connectivity index (χ0) is 12.3. The molecule has 0 amide bonds. The van der Waals surface area contributed by atoms with E-state index in [1.165, 1.54) is 5.56 Å². The molecule has 0 bridgehead atoms. The molecule has 0 N–H and O–H groups in total. The second-order valence-corrected chi connectivity index (χ2v) is 4.61. The molecular formula is C15H20O2. The van der Waals surface area contributed by atoms with Gasteiger partial charge in [0.25, 0.3) is 0 Å². The Morgan fingerprint density at radius 3 is 2.59 bits per heavy atom. The van der Waals surface area contributed by atoms with Crippen molar-refractivity contribution in [2.24, 2.45) is 5.92 Å². The highest BCUT2D eigenvalue weighted by Gasteiger charge is 2.37. The first-order valence-electron chi connectivity index (χ1n) is 6.23. The fourth-order valence-corrected chi connectivity index (χ4v) is 2.32. The van der Waals surface area contributed by atoms with E-state index in [9.17, 15) is 0 Å². The Labute approximate surface area is 103 Å². The van der Waals surface area contributed by atoms with Crippen LogP contribution < -0.4 is 0 Å². The summed E-state index contributed by atoms with van der Waals surface area (Å²) in [6.45, 7) is 8.87. The van der Waals surface area contributed by atoms with Gasteiger partial charge in [-0.3, -0.25) is 0 Å². The van der Waals surface area contributed by atoms with Crippen LogP contribution in [0.5, 0.6) is 0 Å². The van der Waals surface area contributed by atoms with Crippen molar-refractivity contribution >= 4 is 0 Å². The molecular weight excluding hydrogens is 212 g/mol. The summed E-state index contributed by atoms with van der Waals surface area (Å²) < 4.78 is 11.6. The summed E-state index contributed by atoms with van der Waals surface area (Å²) in [6, 6.07) is 10.2. The summed E-state index contributed by atoms with van der Waals surface area (Å²) in [7, 11) is 0. The van der Waals surface area contributed by atoms with Crippen molar-refractivity contribution in [1.29, 1.82) is 0 Å². The molecule has 2 rings (SSSR count). The van der Waals surface area contributed by atoms with Crippen molar-refractivity contribution in [2.75, 3.05) is 0 Å². The SMILES string of the molecule is C=C1O[C@H](CC)[C@@H](C)[C@H]1OCc1ccccc1. The first-order valence-corrected chi connectivity index (χ1v) is 6.23. The average Bonchev–Trinajstić information content (AvgIpc) is 2.63. The van der Waals surface area contributed by atoms with Gasteiger partial charge in [-0.15, -0.1) is 0 Å². The van der Waals surface area contributed by atoms with Crippen LogP contribution in [-0.2, 0) is 16.1 Å². The normalized spacial score (nSPS) is 28.1. The van der Waals surface area contributed by atoms with Crippen LogP contribution in [0.4, 0.5) is 0 Å². The molecule has 0 saturated carbocycles. The van der Waals surface area contributed by atoms with Crippen molar-refractivity contribution in [3.8, 4) is 0 Å². The molecule has 0 spiro atoms. The van der Waals surface area contributed by atoms with Gasteiger partial charge in [-0.05, 0) is 12.0 Å². The van der Waals surface area contributed by atoms with Gasteiger partial charge in [0.05, 0.1) is 6.61 Å². The van der Waals surface area contributed by atoms with Gasteiger partial charge in [-0.25, -0.2) is 0 Å². The molecule has 1 fully saturated rings. The van der Waals surface area contributed by atoms with E-state index in [0.717, 1.165) is 12.2 Å². The standard InChI is InChI=1S/C15H20O2/c1-4-14-11(2)15(12(3)17-14)16-10-13-8-6-5-7-9-13/h5-9,11,14-15H,3-4,10H2,1-2H3/t11-,14-,15-/m1/s1. The number of hydrogen-bond acceptors (Lipinski definition) is 2. The lowest BCUT2D eigenvalue weighted by atomic mass is 9.99. The quantitative estimate of drug-likeness (QED) is 0.790. The maximum absolute atomic E-state index is 5.92. The number of benzene rings is 1. The fraction of sp³-hybridized carbons (Fsp3) is 0.467. The van der Waals surface area contributed by atoms with Crippen molar-refractivity contribution in [2.45, 2.75) is 39.1 Å². The molecule has 2 nitrogen and oxygen atoms in total. The van der Waals surface area contributed by atoms with Crippen molar-refractivity contribution < 1.29 is 9.47 Å². The fourth-order valence-electron chi connectivity index (χ4n) is 2.32. The summed E-state index contributed by atoms with van der Waals surface area (Å²) >= 11 is 0. The lowest BCUT2D eigenvalue weighted by molar-refractivity contribution is 0.0395. The first kappa shape index (κ1) is 12.2. The number of ether oxygens (including phenoxy) is 2. The maximum Gasteiger partial charge on any atom is 0.120 e. The van der Waals surface area contributed by atoms with Gasteiger partial charge in [-0.1, -0.05) is 50.8 Å². The third kappa shape index (κ3) is 2.70. The lowest BCUT2D eigenvalue weighted by Crippen LogP contribution is -2.22. The molecule has 1 saturated heterocycles.